The Labute approximate surface area is 189 Å². The summed E-state index contributed by atoms with van der Waals surface area (Å²) < 4.78 is 21.8. The van der Waals surface area contributed by atoms with Gasteiger partial charge in [0.05, 0.1) is 45.3 Å². The molecule has 2 aromatic carbocycles. The van der Waals surface area contributed by atoms with Gasteiger partial charge in [0.2, 0.25) is 0 Å². The zero-order valence-electron chi connectivity index (χ0n) is 17.8. The number of esters is 1. The number of halogens is 1. The van der Waals surface area contributed by atoms with Gasteiger partial charge in [-0.05, 0) is 43.3 Å². The molecule has 3 rings (SSSR count). The SMILES string of the molecule is COC(=O)C1=C(C)N(c2ccc(OC)c(OC)c2)C(=O)/C1=C\c1cc(Br)ccc1OC. The fourth-order valence-electron chi connectivity index (χ4n) is 3.43. The first-order valence-electron chi connectivity index (χ1n) is 9.27. The maximum absolute atomic E-state index is 13.5. The van der Waals surface area contributed by atoms with Gasteiger partial charge >= 0.3 is 5.97 Å². The first-order chi connectivity index (χ1) is 14.9. The second-order valence-electron chi connectivity index (χ2n) is 6.58. The molecule has 0 radical (unpaired) electrons. The van der Waals surface area contributed by atoms with E-state index in [1.807, 2.05) is 12.1 Å². The maximum Gasteiger partial charge on any atom is 0.340 e. The van der Waals surface area contributed by atoms with Crippen molar-refractivity contribution in [2.75, 3.05) is 33.3 Å². The molecule has 1 amide bonds. The lowest BCUT2D eigenvalue weighted by Gasteiger charge is -2.19. The Kier molecular flexibility index (Phi) is 6.70. The number of carbonyl (C=O) groups excluding carboxylic acids is 2. The average Bonchev–Trinajstić information content (AvgIpc) is 3.02. The highest BCUT2D eigenvalue weighted by Crippen LogP contribution is 2.39. The first-order valence-corrected chi connectivity index (χ1v) is 10.1. The van der Waals surface area contributed by atoms with E-state index in [-0.39, 0.29) is 17.1 Å². The minimum atomic E-state index is -0.603. The largest absolute Gasteiger partial charge is 0.496 e. The molecule has 0 aliphatic carbocycles. The second-order valence-corrected chi connectivity index (χ2v) is 7.49. The third kappa shape index (κ3) is 4.16. The zero-order chi connectivity index (χ0) is 22.7. The number of amides is 1. The molecule has 1 aliphatic heterocycles. The van der Waals surface area contributed by atoms with Crippen LogP contribution in [0.25, 0.3) is 6.08 Å². The number of methoxy groups -OCH3 is 4. The molecule has 0 atom stereocenters. The summed E-state index contributed by atoms with van der Waals surface area (Å²) in [5.74, 6) is 0.588. The van der Waals surface area contributed by atoms with Crippen LogP contribution in [0.3, 0.4) is 0 Å². The Hall–Kier alpha value is -3.26. The van der Waals surface area contributed by atoms with Crippen LogP contribution in [0.5, 0.6) is 17.2 Å². The number of nitrogens with zero attached hydrogens (tertiary/aromatic N) is 1. The van der Waals surface area contributed by atoms with Gasteiger partial charge in [0.15, 0.2) is 11.5 Å². The van der Waals surface area contributed by atoms with Gasteiger partial charge in [-0.1, -0.05) is 15.9 Å². The second kappa shape index (κ2) is 9.26. The van der Waals surface area contributed by atoms with Crippen LogP contribution < -0.4 is 19.1 Å². The molecule has 7 nitrogen and oxygen atoms in total. The van der Waals surface area contributed by atoms with Gasteiger partial charge in [0, 0.05) is 21.8 Å². The molecule has 0 fully saturated rings. The van der Waals surface area contributed by atoms with Crippen molar-refractivity contribution in [1.82, 2.24) is 0 Å². The van der Waals surface area contributed by atoms with E-state index in [0.29, 0.717) is 34.2 Å². The van der Waals surface area contributed by atoms with Crippen LogP contribution in [0.2, 0.25) is 0 Å². The Morgan fingerprint density at radius 2 is 1.58 bits per heavy atom. The summed E-state index contributed by atoms with van der Waals surface area (Å²) in [6.45, 7) is 1.69. The Balaban J connectivity index is 2.18. The van der Waals surface area contributed by atoms with Crippen molar-refractivity contribution in [3.63, 3.8) is 0 Å². The number of rotatable bonds is 6. The van der Waals surface area contributed by atoms with Crippen molar-refractivity contribution in [3.05, 3.63) is 63.3 Å². The highest BCUT2D eigenvalue weighted by molar-refractivity contribution is 9.10. The Morgan fingerprint density at radius 1 is 0.935 bits per heavy atom. The normalized spacial score (nSPS) is 14.8. The standard InChI is InChI=1S/C23H22BrNO6/c1-13-21(23(27)31-5)17(11-14-10-15(24)6-8-18(14)28-2)22(26)25(13)16-7-9-19(29-3)20(12-16)30-4/h6-12H,1-5H3/b17-11-. The van der Waals surface area contributed by atoms with Crippen LogP contribution >= 0.6 is 15.9 Å². The van der Waals surface area contributed by atoms with Crippen molar-refractivity contribution in [2.45, 2.75) is 6.92 Å². The summed E-state index contributed by atoms with van der Waals surface area (Å²) >= 11 is 3.43. The minimum absolute atomic E-state index is 0.185. The summed E-state index contributed by atoms with van der Waals surface area (Å²) in [6, 6.07) is 10.5. The van der Waals surface area contributed by atoms with E-state index in [1.165, 1.54) is 26.2 Å². The number of anilines is 1. The van der Waals surface area contributed by atoms with Crippen LogP contribution in [0.4, 0.5) is 5.69 Å². The number of hydrogen-bond acceptors (Lipinski definition) is 6. The summed E-state index contributed by atoms with van der Waals surface area (Å²) in [7, 11) is 5.87. The number of carbonyl (C=O) groups is 2. The smallest absolute Gasteiger partial charge is 0.340 e. The third-order valence-electron chi connectivity index (χ3n) is 4.91. The number of hydrogen-bond donors (Lipinski definition) is 0. The molecule has 0 unspecified atom stereocenters. The average molecular weight is 488 g/mol. The highest BCUT2D eigenvalue weighted by Gasteiger charge is 2.38. The first kappa shape index (κ1) is 22.4. The number of allylic oxidation sites excluding steroid dienone is 1. The van der Waals surface area contributed by atoms with E-state index >= 15 is 0 Å². The highest BCUT2D eigenvalue weighted by atomic mass is 79.9. The quantitative estimate of drug-likeness (QED) is 0.445. The molecule has 1 aliphatic rings. The van der Waals surface area contributed by atoms with Gasteiger partial charge in [-0.15, -0.1) is 0 Å². The summed E-state index contributed by atoms with van der Waals surface area (Å²) in [6.07, 6.45) is 1.63. The molecule has 0 spiro atoms. The molecule has 0 aromatic heterocycles. The lowest BCUT2D eigenvalue weighted by atomic mass is 10.0. The van der Waals surface area contributed by atoms with E-state index in [1.54, 1.807) is 44.4 Å². The molecule has 0 N–H and O–H groups in total. The van der Waals surface area contributed by atoms with E-state index in [4.69, 9.17) is 18.9 Å². The molecule has 0 saturated carbocycles. The van der Waals surface area contributed by atoms with Crippen LogP contribution in [-0.4, -0.2) is 40.3 Å². The number of benzene rings is 2. The maximum atomic E-state index is 13.5. The molecule has 162 valence electrons. The molecular weight excluding hydrogens is 466 g/mol. The lowest BCUT2D eigenvalue weighted by Crippen LogP contribution is -2.24. The van der Waals surface area contributed by atoms with Gasteiger partial charge < -0.3 is 18.9 Å². The van der Waals surface area contributed by atoms with E-state index < -0.39 is 5.97 Å². The van der Waals surface area contributed by atoms with Gasteiger partial charge in [0.25, 0.3) is 5.91 Å². The molecular formula is C23H22BrNO6. The molecule has 8 heteroatoms. The van der Waals surface area contributed by atoms with Crippen LogP contribution in [0, 0.1) is 0 Å². The topological polar surface area (TPSA) is 74.3 Å². The van der Waals surface area contributed by atoms with Gasteiger partial charge in [-0.2, -0.15) is 0 Å². The fourth-order valence-corrected chi connectivity index (χ4v) is 3.81. The lowest BCUT2D eigenvalue weighted by molar-refractivity contribution is -0.136. The monoisotopic (exact) mass is 487 g/mol. The van der Waals surface area contributed by atoms with Crippen molar-refractivity contribution in [2.24, 2.45) is 0 Å². The predicted octanol–water partition coefficient (Wildman–Crippen LogP) is 4.35. The van der Waals surface area contributed by atoms with E-state index in [9.17, 15) is 9.59 Å². The fraction of sp³-hybridized carbons (Fsp3) is 0.217. The Bertz CT molecular complexity index is 1110. The molecule has 31 heavy (non-hydrogen) atoms. The predicted molar refractivity (Wildman–Crippen MR) is 120 cm³/mol. The van der Waals surface area contributed by atoms with Crippen molar-refractivity contribution in [1.29, 1.82) is 0 Å². The van der Waals surface area contributed by atoms with E-state index in [0.717, 1.165) is 4.47 Å². The van der Waals surface area contributed by atoms with Crippen LogP contribution in [0.15, 0.2) is 57.7 Å². The van der Waals surface area contributed by atoms with Gasteiger partial charge in [-0.25, -0.2) is 4.79 Å². The van der Waals surface area contributed by atoms with Crippen LogP contribution in [0.1, 0.15) is 12.5 Å². The van der Waals surface area contributed by atoms with Crippen molar-refractivity contribution in [3.8, 4) is 17.2 Å². The minimum Gasteiger partial charge on any atom is -0.496 e. The summed E-state index contributed by atoms with van der Waals surface area (Å²) in [5.41, 5.74) is 2.01. The molecule has 1 heterocycles. The summed E-state index contributed by atoms with van der Waals surface area (Å²) in [4.78, 5) is 27.5. The molecule has 0 saturated heterocycles. The Morgan fingerprint density at radius 3 is 2.19 bits per heavy atom. The molecule has 2 aromatic rings. The molecule has 0 bridgehead atoms. The number of ether oxygens (including phenoxy) is 4. The third-order valence-corrected chi connectivity index (χ3v) is 5.40. The van der Waals surface area contributed by atoms with E-state index in [2.05, 4.69) is 15.9 Å². The zero-order valence-corrected chi connectivity index (χ0v) is 19.4. The van der Waals surface area contributed by atoms with Crippen molar-refractivity contribution < 1.29 is 28.5 Å². The van der Waals surface area contributed by atoms with Gasteiger partial charge in [0.1, 0.15) is 5.75 Å². The summed E-state index contributed by atoms with van der Waals surface area (Å²) in [5, 5.41) is 0. The van der Waals surface area contributed by atoms with Crippen molar-refractivity contribution >= 4 is 39.6 Å². The van der Waals surface area contributed by atoms with Gasteiger partial charge in [-0.3, -0.25) is 9.69 Å². The van der Waals surface area contributed by atoms with Crippen LogP contribution in [-0.2, 0) is 14.3 Å².